The first-order chi connectivity index (χ1) is 4.27. The van der Waals surface area contributed by atoms with Gasteiger partial charge in [-0.15, -0.1) is 6.58 Å². The van der Waals surface area contributed by atoms with Crippen molar-refractivity contribution >= 4 is 11.4 Å². The molecule has 1 atom stereocenters. The van der Waals surface area contributed by atoms with E-state index >= 15 is 0 Å². The highest BCUT2D eigenvalue weighted by Crippen LogP contribution is 1.85. The second-order valence-corrected chi connectivity index (χ2v) is 1.80. The Kier molecular flexibility index (Phi) is 5.15. The standard InChI is InChI=1S/C5H8O3S/c1-2-3-4-5-8-9(6)7/h2,4-5H,1,3H2,(H,6,7)/p-1. The van der Waals surface area contributed by atoms with E-state index in [1.807, 2.05) is 0 Å². The van der Waals surface area contributed by atoms with Gasteiger partial charge >= 0.3 is 0 Å². The summed E-state index contributed by atoms with van der Waals surface area (Å²) in [5, 5.41) is 0. The fraction of sp³-hybridized carbons (Fsp3) is 0.200. The zero-order valence-electron chi connectivity index (χ0n) is 4.78. The quantitative estimate of drug-likeness (QED) is 0.337. The molecule has 0 fully saturated rings. The molecule has 0 aliphatic heterocycles. The summed E-state index contributed by atoms with van der Waals surface area (Å²) < 4.78 is 23.4. The molecule has 0 aliphatic rings. The van der Waals surface area contributed by atoms with Crippen LogP contribution in [-0.2, 0) is 15.5 Å². The van der Waals surface area contributed by atoms with Crippen LogP contribution >= 0.6 is 0 Å². The lowest BCUT2D eigenvalue weighted by molar-refractivity contribution is 0.405. The van der Waals surface area contributed by atoms with Crippen molar-refractivity contribution in [3.63, 3.8) is 0 Å². The summed E-state index contributed by atoms with van der Waals surface area (Å²) in [7, 11) is 0. The van der Waals surface area contributed by atoms with Gasteiger partial charge in [-0.25, -0.2) is 4.21 Å². The number of hydrogen-bond donors (Lipinski definition) is 0. The molecule has 0 amide bonds. The van der Waals surface area contributed by atoms with Gasteiger partial charge in [-0.2, -0.15) is 0 Å². The third-order valence-electron chi connectivity index (χ3n) is 0.533. The third-order valence-corrected chi connectivity index (χ3v) is 0.801. The van der Waals surface area contributed by atoms with E-state index in [-0.39, 0.29) is 0 Å². The van der Waals surface area contributed by atoms with Crippen molar-refractivity contribution < 1.29 is 12.9 Å². The van der Waals surface area contributed by atoms with Crippen molar-refractivity contribution in [1.82, 2.24) is 0 Å². The second kappa shape index (κ2) is 5.53. The van der Waals surface area contributed by atoms with Crippen LogP contribution < -0.4 is 0 Å². The Hall–Kier alpha value is -0.610. The van der Waals surface area contributed by atoms with Crippen molar-refractivity contribution in [3.05, 3.63) is 25.0 Å². The molecule has 0 heterocycles. The Morgan fingerprint density at radius 2 is 2.44 bits per heavy atom. The predicted octanol–water partition coefficient (Wildman–Crippen LogP) is 0.887. The summed E-state index contributed by atoms with van der Waals surface area (Å²) in [6.07, 6.45) is 4.89. The van der Waals surface area contributed by atoms with Crippen LogP contribution in [0.2, 0.25) is 0 Å². The third kappa shape index (κ3) is 7.39. The van der Waals surface area contributed by atoms with E-state index in [0.29, 0.717) is 6.42 Å². The number of rotatable bonds is 4. The molecule has 0 aromatic rings. The van der Waals surface area contributed by atoms with Crippen molar-refractivity contribution in [2.45, 2.75) is 6.42 Å². The highest BCUT2D eigenvalue weighted by molar-refractivity contribution is 7.74. The molecule has 0 aromatic carbocycles. The van der Waals surface area contributed by atoms with Crippen LogP contribution in [0.3, 0.4) is 0 Å². The average Bonchev–Trinajstić information content (AvgIpc) is 1.80. The molecule has 0 saturated carbocycles. The molecule has 0 aromatic heterocycles. The van der Waals surface area contributed by atoms with Gasteiger partial charge in [0.15, 0.2) is 0 Å². The van der Waals surface area contributed by atoms with Crippen molar-refractivity contribution in [3.8, 4) is 0 Å². The first-order valence-electron chi connectivity index (χ1n) is 2.29. The molecular formula is C5H7O3S-. The maximum Gasteiger partial charge on any atom is 0.138 e. The summed E-state index contributed by atoms with van der Waals surface area (Å²) in [6.45, 7) is 3.42. The Balaban J connectivity index is 3.24. The van der Waals surface area contributed by atoms with Crippen LogP contribution in [0.5, 0.6) is 0 Å². The van der Waals surface area contributed by atoms with Gasteiger partial charge in [0, 0.05) is 0 Å². The highest BCUT2D eigenvalue weighted by Gasteiger charge is 1.71. The van der Waals surface area contributed by atoms with Gasteiger partial charge in [-0.3, -0.25) is 0 Å². The number of allylic oxidation sites excluding steroid dienone is 2. The lowest BCUT2D eigenvalue weighted by atomic mass is 10.4. The molecule has 9 heavy (non-hydrogen) atoms. The molecule has 0 aliphatic carbocycles. The minimum absolute atomic E-state index is 0.608. The molecule has 0 spiro atoms. The fourth-order valence-electron chi connectivity index (χ4n) is 0.236. The summed E-state index contributed by atoms with van der Waals surface area (Å²) in [5.41, 5.74) is 0. The van der Waals surface area contributed by atoms with Crippen molar-refractivity contribution in [2.75, 3.05) is 0 Å². The van der Waals surface area contributed by atoms with E-state index < -0.39 is 11.4 Å². The molecule has 0 radical (unpaired) electrons. The van der Waals surface area contributed by atoms with Crippen LogP contribution in [-0.4, -0.2) is 8.76 Å². The zero-order chi connectivity index (χ0) is 7.11. The molecule has 1 unspecified atom stereocenters. The average molecular weight is 147 g/mol. The zero-order valence-corrected chi connectivity index (χ0v) is 5.60. The maximum atomic E-state index is 9.66. The van der Waals surface area contributed by atoms with E-state index in [2.05, 4.69) is 10.8 Å². The summed E-state index contributed by atoms with van der Waals surface area (Å²) in [6, 6.07) is 0. The summed E-state index contributed by atoms with van der Waals surface area (Å²) in [4.78, 5) is 0. The Morgan fingerprint density at radius 1 is 1.78 bits per heavy atom. The van der Waals surface area contributed by atoms with Gasteiger partial charge < -0.3 is 8.74 Å². The van der Waals surface area contributed by atoms with E-state index in [1.165, 1.54) is 0 Å². The van der Waals surface area contributed by atoms with Crippen molar-refractivity contribution in [1.29, 1.82) is 0 Å². The van der Waals surface area contributed by atoms with Crippen LogP contribution in [0.15, 0.2) is 25.0 Å². The molecule has 52 valence electrons. The SMILES string of the molecule is C=CCC=COS(=O)[O-]. The largest absolute Gasteiger partial charge is 0.740 e. The molecule has 0 N–H and O–H groups in total. The van der Waals surface area contributed by atoms with Gasteiger partial charge in [-0.05, 0) is 12.5 Å². The number of hydrogen-bond acceptors (Lipinski definition) is 3. The maximum absolute atomic E-state index is 9.66. The molecule has 3 nitrogen and oxygen atoms in total. The Labute approximate surface area is 56.5 Å². The van der Waals surface area contributed by atoms with Gasteiger partial charge in [0.1, 0.15) is 11.4 Å². The second-order valence-electron chi connectivity index (χ2n) is 1.20. The van der Waals surface area contributed by atoms with Gasteiger partial charge in [0.2, 0.25) is 0 Å². The molecule has 0 bridgehead atoms. The fourth-order valence-corrected chi connectivity index (χ4v) is 0.406. The van der Waals surface area contributed by atoms with E-state index in [1.54, 1.807) is 12.2 Å². The lowest BCUT2D eigenvalue weighted by Crippen LogP contribution is -1.85. The van der Waals surface area contributed by atoms with Crippen LogP contribution in [0, 0.1) is 0 Å². The van der Waals surface area contributed by atoms with Crippen molar-refractivity contribution in [2.24, 2.45) is 0 Å². The van der Waals surface area contributed by atoms with Gasteiger partial charge in [0.25, 0.3) is 0 Å². The molecule has 0 rings (SSSR count). The van der Waals surface area contributed by atoms with E-state index in [4.69, 9.17) is 0 Å². The normalized spacial score (nSPS) is 13.4. The molecule has 4 heteroatoms. The van der Waals surface area contributed by atoms with Crippen LogP contribution in [0.1, 0.15) is 6.42 Å². The first kappa shape index (κ1) is 8.39. The smallest absolute Gasteiger partial charge is 0.138 e. The molecular weight excluding hydrogens is 140 g/mol. The predicted molar refractivity (Wildman–Crippen MR) is 34.0 cm³/mol. The summed E-state index contributed by atoms with van der Waals surface area (Å²) in [5.74, 6) is 0. The summed E-state index contributed by atoms with van der Waals surface area (Å²) >= 11 is -2.44. The highest BCUT2D eigenvalue weighted by atomic mass is 32.2. The minimum Gasteiger partial charge on any atom is -0.740 e. The Bertz CT molecular complexity index is 130. The van der Waals surface area contributed by atoms with Crippen LogP contribution in [0.4, 0.5) is 0 Å². The van der Waals surface area contributed by atoms with Crippen LogP contribution in [0.25, 0.3) is 0 Å². The van der Waals surface area contributed by atoms with E-state index in [0.717, 1.165) is 6.26 Å². The lowest BCUT2D eigenvalue weighted by Gasteiger charge is -1.98. The minimum atomic E-state index is -2.44. The monoisotopic (exact) mass is 147 g/mol. The van der Waals surface area contributed by atoms with E-state index in [9.17, 15) is 8.76 Å². The first-order valence-corrected chi connectivity index (χ1v) is 3.29. The van der Waals surface area contributed by atoms with Gasteiger partial charge in [-0.1, -0.05) is 6.08 Å². The molecule has 0 saturated heterocycles. The topological polar surface area (TPSA) is 49.4 Å². The Morgan fingerprint density at radius 3 is 2.89 bits per heavy atom. The van der Waals surface area contributed by atoms with Gasteiger partial charge in [0.05, 0.1) is 6.26 Å².